The Bertz CT molecular complexity index is 1040. The molecule has 9 heteroatoms. The number of nitrogens with one attached hydrogen (secondary N) is 1. The van der Waals surface area contributed by atoms with Gasteiger partial charge in [-0.15, -0.1) is 0 Å². The van der Waals surface area contributed by atoms with Gasteiger partial charge in [-0.2, -0.15) is 0 Å². The third kappa shape index (κ3) is 4.05. The van der Waals surface area contributed by atoms with Gasteiger partial charge in [0.2, 0.25) is 0 Å². The second-order valence-corrected chi connectivity index (χ2v) is 8.20. The summed E-state index contributed by atoms with van der Waals surface area (Å²) in [4.78, 5) is 26.7. The fourth-order valence-corrected chi connectivity index (χ4v) is 4.00. The number of halogens is 4. The van der Waals surface area contributed by atoms with Crippen molar-refractivity contribution in [1.29, 1.82) is 0 Å². The SMILES string of the molecule is Cc1cc(Br)ccc1N1C(=O)/C(=C\c2cc(Cl)cc(Cl)c2Cl)C(=O)NC1=S. The van der Waals surface area contributed by atoms with Crippen molar-refractivity contribution in [2.24, 2.45) is 0 Å². The molecular formula is C18H10BrCl3N2O2S. The number of benzene rings is 2. The minimum absolute atomic E-state index is 0.00259. The standard InChI is InChI=1S/C18H10BrCl3N2O2S/c1-8-4-10(19)2-3-14(8)24-17(26)12(16(25)23-18(24)27)6-9-5-11(20)7-13(21)15(9)22/h2-7H,1H3,(H,23,25,27)/b12-6-. The molecule has 27 heavy (non-hydrogen) atoms. The number of anilines is 1. The Balaban J connectivity index is 2.11. The maximum Gasteiger partial charge on any atom is 0.270 e. The van der Waals surface area contributed by atoms with E-state index in [0.717, 1.165) is 10.0 Å². The van der Waals surface area contributed by atoms with Crippen molar-refractivity contribution >= 4 is 91.6 Å². The molecule has 1 N–H and O–H groups in total. The average molecular weight is 505 g/mol. The van der Waals surface area contributed by atoms with Gasteiger partial charge in [-0.05, 0) is 66.7 Å². The molecular weight excluding hydrogens is 495 g/mol. The second-order valence-electron chi connectivity index (χ2n) is 5.68. The van der Waals surface area contributed by atoms with E-state index in [1.165, 1.54) is 23.1 Å². The first kappa shape index (κ1) is 20.3. The minimum Gasteiger partial charge on any atom is -0.298 e. The lowest BCUT2D eigenvalue weighted by Crippen LogP contribution is -2.54. The third-order valence-electron chi connectivity index (χ3n) is 3.82. The number of carbonyl (C=O) groups is 2. The van der Waals surface area contributed by atoms with E-state index in [1.807, 2.05) is 13.0 Å². The van der Waals surface area contributed by atoms with E-state index in [1.54, 1.807) is 12.1 Å². The lowest BCUT2D eigenvalue weighted by Gasteiger charge is -2.30. The van der Waals surface area contributed by atoms with Crippen molar-refractivity contribution in [3.63, 3.8) is 0 Å². The fraction of sp³-hybridized carbons (Fsp3) is 0.0556. The third-order valence-corrected chi connectivity index (χ3v) is 5.64. The van der Waals surface area contributed by atoms with Gasteiger partial charge < -0.3 is 0 Å². The summed E-state index contributed by atoms with van der Waals surface area (Å²) in [6.07, 6.45) is 1.35. The molecule has 0 atom stereocenters. The van der Waals surface area contributed by atoms with Gasteiger partial charge in [0, 0.05) is 9.50 Å². The van der Waals surface area contributed by atoms with Gasteiger partial charge in [-0.1, -0.05) is 50.7 Å². The largest absolute Gasteiger partial charge is 0.298 e. The molecule has 0 aromatic heterocycles. The molecule has 0 spiro atoms. The van der Waals surface area contributed by atoms with Crippen molar-refractivity contribution in [2.45, 2.75) is 6.92 Å². The van der Waals surface area contributed by atoms with Crippen molar-refractivity contribution in [3.05, 3.63) is 66.6 Å². The molecule has 0 unspecified atom stereocenters. The summed E-state index contributed by atoms with van der Waals surface area (Å²) in [5.41, 5.74) is 1.59. The molecule has 3 rings (SSSR count). The van der Waals surface area contributed by atoms with Gasteiger partial charge in [0.25, 0.3) is 11.8 Å². The number of hydrogen-bond acceptors (Lipinski definition) is 3. The van der Waals surface area contributed by atoms with Crippen LogP contribution in [-0.2, 0) is 9.59 Å². The van der Waals surface area contributed by atoms with Crippen LogP contribution in [0.1, 0.15) is 11.1 Å². The van der Waals surface area contributed by atoms with Crippen molar-refractivity contribution < 1.29 is 9.59 Å². The zero-order valence-electron chi connectivity index (χ0n) is 13.6. The van der Waals surface area contributed by atoms with E-state index >= 15 is 0 Å². The summed E-state index contributed by atoms with van der Waals surface area (Å²) in [7, 11) is 0. The van der Waals surface area contributed by atoms with Crippen LogP contribution in [0.4, 0.5) is 5.69 Å². The first-order valence-corrected chi connectivity index (χ1v) is 9.84. The molecule has 1 saturated heterocycles. The zero-order chi connectivity index (χ0) is 19.9. The Morgan fingerprint density at radius 2 is 1.85 bits per heavy atom. The van der Waals surface area contributed by atoms with Gasteiger partial charge in [-0.25, -0.2) is 0 Å². The van der Waals surface area contributed by atoms with Crippen LogP contribution in [0, 0.1) is 6.92 Å². The molecule has 138 valence electrons. The molecule has 0 radical (unpaired) electrons. The Kier molecular flexibility index (Phi) is 5.93. The summed E-state index contributed by atoms with van der Waals surface area (Å²) in [5, 5.41) is 3.27. The van der Waals surface area contributed by atoms with E-state index in [9.17, 15) is 9.59 Å². The Labute approximate surface area is 184 Å². The maximum absolute atomic E-state index is 13.1. The summed E-state index contributed by atoms with van der Waals surface area (Å²) < 4.78 is 0.860. The highest BCUT2D eigenvalue weighted by Crippen LogP contribution is 2.33. The van der Waals surface area contributed by atoms with Crippen LogP contribution in [0.2, 0.25) is 15.1 Å². The molecule has 1 aliphatic heterocycles. The quantitative estimate of drug-likeness (QED) is 0.253. The van der Waals surface area contributed by atoms with Crippen molar-refractivity contribution in [1.82, 2.24) is 5.32 Å². The maximum atomic E-state index is 13.1. The van der Waals surface area contributed by atoms with Crippen LogP contribution >= 0.6 is 63.0 Å². The Morgan fingerprint density at radius 3 is 2.52 bits per heavy atom. The number of carbonyl (C=O) groups excluding carboxylic acids is 2. The summed E-state index contributed by atoms with van der Waals surface area (Å²) >= 11 is 26.8. The van der Waals surface area contributed by atoms with E-state index in [-0.39, 0.29) is 20.7 Å². The van der Waals surface area contributed by atoms with Crippen molar-refractivity contribution in [3.8, 4) is 0 Å². The molecule has 1 fully saturated rings. The predicted molar refractivity (Wildman–Crippen MR) is 117 cm³/mol. The van der Waals surface area contributed by atoms with E-state index in [0.29, 0.717) is 16.3 Å². The molecule has 1 heterocycles. The van der Waals surface area contributed by atoms with Crippen LogP contribution < -0.4 is 10.2 Å². The number of thiocarbonyl (C=S) groups is 1. The van der Waals surface area contributed by atoms with Gasteiger partial charge in [0.1, 0.15) is 5.57 Å². The monoisotopic (exact) mass is 502 g/mol. The average Bonchev–Trinajstić information content (AvgIpc) is 2.57. The molecule has 2 amide bonds. The van der Waals surface area contributed by atoms with Crippen LogP contribution in [0.25, 0.3) is 6.08 Å². The van der Waals surface area contributed by atoms with Gasteiger partial charge in [-0.3, -0.25) is 19.8 Å². The van der Waals surface area contributed by atoms with Gasteiger partial charge in [0.05, 0.1) is 15.7 Å². The fourth-order valence-electron chi connectivity index (χ4n) is 2.58. The molecule has 2 aromatic rings. The lowest BCUT2D eigenvalue weighted by atomic mass is 10.1. The number of rotatable bonds is 2. The molecule has 4 nitrogen and oxygen atoms in total. The molecule has 0 bridgehead atoms. The van der Waals surface area contributed by atoms with E-state index in [2.05, 4.69) is 21.2 Å². The number of nitrogens with zero attached hydrogens (tertiary/aromatic N) is 1. The smallest absolute Gasteiger partial charge is 0.270 e. The van der Waals surface area contributed by atoms with E-state index in [4.69, 9.17) is 47.0 Å². The topological polar surface area (TPSA) is 49.4 Å². The Morgan fingerprint density at radius 1 is 1.15 bits per heavy atom. The van der Waals surface area contributed by atoms with Crippen LogP contribution in [0.15, 0.2) is 40.4 Å². The summed E-state index contributed by atoms with van der Waals surface area (Å²) in [6, 6.07) is 8.36. The molecule has 2 aromatic carbocycles. The molecule has 0 aliphatic carbocycles. The van der Waals surface area contributed by atoms with Crippen LogP contribution in [0.5, 0.6) is 0 Å². The Hall–Kier alpha value is -1.44. The summed E-state index contributed by atoms with van der Waals surface area (Å²) in [5.74, 6) is -1.19. The second kappa shape index (κ2) is 7.89. The zero-order valence-corrected chi connectivity index (χ0v) is 18.3. The number of aryl methyl sites for hydroxylation is 1. The van der Waals surface area contributed by atoms with E-state index < -0.39 is 11.8 Å². The number of amides is 2. The first-order valence-electron chi connectivity index (χ1n) is 7.51. The lowest BCUT2D eigenvalue weighted by molar-refractivity contribution is -0.122. The van der Waals surface area contributed by atoms with Gasteiger partial charge in [0.15, 0.2) is 5.11 Å². The van der Waals surface area contributed by atoms with Gasteiger partial charge >= 0.3 is 0 Å². The highest BCUT2D eigenvalue weighted by atomic mass is 79.9. The molecule has 0 saturated carbocycles. The van der Waals surface area contributed by atoms with Crippen LogP contribution in [-0.4, -0.2) is 16.9 Å². The normalized spacial score (nSPS) is 16.1. The van der Waals surface area contributed by atoms with Crippen LogP contribution in [0.3, 0.4) is 0 Å². The van der Waals surface area contributed by atoms with Crippen molar-refractivity contribution in [2.75, 3.05) is 4.90 Å². The predicted octanol–water partition coefficient (Wildman–Crippen LogP) is 5.55. The summed E-state index contributed by atoms with van der Waals surface area (Å²) in [6.45, 7) is 1.84. The number of hydrogen-bond donors (Lipinski definition) is 1. The highest BCUT2D eigenvalue weighted by molar-refractivity contribution is 9.10. The molecule has 1 aliphatic rings. The first-order chi connectivity index (χ1) is 12.7. The minimum atomic E-state index is -0.622. The highest BCUT2D eigenvalue weighted by Gasteiger charge is 2.35.